The normalized spacial score (nSPS) is 9.67. The first-order chi connectivity index (χ1) is 7.09. The van der Waals surface area contributed by atoms with Crippen LogP contribution in [-0.4, -0.2) is 40.5 Å². The fraction of sp³-hybridized carbons (Fsp3) is 0.300. The lowest BCUT2D eigenvalue weighted by Gasteiger charge is -2.13. The zero-order valence-corrected chi connectivity index (χ0v) is 8.38. The van der Waals surface area contributed by atoms with Crippen LogP contribution in [0.2, 0.25) is 0 Å². The number of carbonyl (C=O) groups excluding carboxylic acids is 1. The molecule has 0 saturated carbocycles. The third-order valence-electron chi connectivity index (χ3n) is 1.88. The smallest absolute Gasteiger partial charge is 0.323 e. The molecule has 1 amide bonds. The van der Waals surface area contributed by atoms with Crippen LogP contribution in [-0.2, 0) is 16.0 Å². The van der Waals surface area contributed by atoms with E-state index in [4.69, 9.17) is 5.11 Å². The predicted molar refractivity (Wildman–Crippen MR) is 53.2 cm³/mol. The van der Waals surface area contributed by atoms with Crippen molar-refractivity contribution in [2.24, 2.45) is 0 Å². The molecule has 0 aliphatic carbocycles. The third-order valence-corrected chi connectivity index (χ3v) is 1.88. The van der Waals surface area contributed by atoms with Crippen molar-refractivity contribution in [3.8, 4) is 0 Å². The Labute approximate surface area is 87.4 Å². The van der Waals surface area contributed by atoms with Crippen LogP contribution < -0.4 is 0 Å². The summed E-state index contributed by atoms with van der Waals surface area (Å²) in [5.74, 6) is -1.25. The molecule has 0 fully saturated rings. The Hall–Kier alpha value is -1.91. The van der Waals surface area contributed by atoms with Crippen LogP contribution in [0.25, 0.3) is 0 Å². The molecule has 0 aliphatic heterocycles. The number of amides is 1. The minimum Gasteiger partial charge on any atom is -0.480 e. The maximum atomic E-state index is 11.5. The van der Waals surface area contributed by atoms with Crippen molar-refractivity contribution in [1.82, 2.24) is 9.88 Å². The zero-order chi connectivity index (χ0) is 11.3. The van der Waals surface area contributed by atoms with Gasteiger partial charge >= 0.3 is 5.97 Å². The van der Waals surface area contributed by atoms with Crippen molar-refractivity contribution in [2.45, 2.75) is 6.42 Å². The van der Waals surface area contributed by atoms with Gasteiger partial charge in [-0.1, -0.05) is 6.07 Å². The van der Waals surface area contributed by atoms with E-state index in [-0.39, 0.29) is 18.9 Å². The summed E-state index contributed by atoms with van der Waals surface area (Å²) < 4.78 is 0. The van der Waals surface area contributed by atoms with Gasteiger partial charge in [0.2, 0.25) is 5.91 Å². The highest BCUT2D eigenvalue weighted by molar-refractivity contribution is 5.82. The van der Waals surface area contributed by atoms with Crippen LogP contribution in [0.3, 0.4) is 0 Å². The Morgan fingerprint density at radius 3 is 2.80 bits per heavy atom. The van der Waals surface area contributed by atoms with Gasteiger partial charge in [0, 0.05) is 19.4 Å². The van der Waals surface area contributed by atoms with Crippen LogP contribution in [0, 0.1) is 0 Å². The molecular formula is C10H12N2O3. The number of hydrogen-bond acceptors (Lipinski definition) is 3. The van der Waals surface area contributed by atoms with Gasteiger partial charge in [-0.25, -0.2) is 0 Å². The topological polar surface area (TPSA) is 70.5 Å². The molecule has 1 aromatic rings. The van der Waals surface area contributed by atoms with Gasteiger partial charge < -0.3 is 10.0 Å². The number of likely N-dealkylation sites (N-methyl/N-ethyl adjacent to an activating group) is 1. The van der Waals surface area contributed by atoms with Gasteiger partial charge in [-0.15, -0.1) is 0 Å². The molecule has 0 bridgehead atoms. The van der Waals surface area contributed by atoms with E-state index in [2.05, 4.69) is 4.98 Å². The monoisotopic (exact) mass is 208 g/mol. The summed E-state index contributed by atoms with van der Waals surface area (Å²) in [6.07, 6.45) is 3.39. The molecule has 0 radical (unpaired) electrons. The van der Waals surface area contributed by atoms with Crippen molar-refractivity contribution in [1.29, 1.82) is 0 Å². The van der Waals surface area contributed by atoms with Gasteiger partial charge in [0.05, 0.1) is 6.42 Å². The number of aromatic nitrogens is 1. The Morgan fingerprint density at radius 2 is 2.27 bits per heavy atom. The van der Waals surface area contributed by atoms with E-state index in [0.717, 1.165) is 5.56 Å². The summed E-state index contributed by atoms with van der Waals surface area (Å²) in [6, 6.07) is 3.51. The lowest BCUT2D eigenvalue weighted by molar-refractivity contribution is -0.143. The molecule has 1 rings (SSSR count). The summed E-state index contributed by atoms with van der Waals surface area (Å²) in [7, 11) is 1.47. The van der Waals surface area contributed by atoms with E-state index in [0.29, 0.717) is 0 Å². The predicted octanol–water partition coefficient (Wildman–Crippen LogP) is 0.167. The number of aliphatic carboxylic acids is 1. The fourth-order valence-electron chi connectivity index (χ4n) is 1.10. The second kappa shape index (κ2) is 5.09. The van der Waals surface area contributed by atoms with Gasteiger partial charge in [-0.3, -0.25) is 14.6 Å². The molecule has 5 nitrogen and oxygen atoms in total. The van der Waals surface area contributed by atoms with E-state index in [1.807, 2.05) is 0 Å². The zero-order valence-electron chi connectivity index (χ0n) is 8.38. The van der Waals surface area contributed by atoms with Crippen LogP contribution >= 0.6 is 0 Å². The van der Waals surface area contributed by atoms with E-state index in [1.54, 1.807) is 24.5 Å². The molecule has 1 heterocycles. The molecular weight excluding hydrogens is 196 g/mol. The van der Waals surface area contributed by atoms with Crippen molar-refractivity contribution >= 4 is 11.9 Å². The van der Waals surface area contributed by atoms with Crippen molar-refractivity contribution in [2.75, 3.05) is 13.6 Å². The number of carboxylic acids is 1. The Bertz CT molecular complexity index is 351. The number of nitrogens with zero attached hydrogens (tertiary/aromatic N) is 2. The number of carbonyl (C=O) groups is 2. The van der Waals surface area contributed by atoms with Gasteiger partial charge in [0.25, 0.3) is 0 Å². The maximum Gasteiger partial charge on any atom is 0.323 e. The van der Waals surface area contributed by atoms with Crippen LogP contribution in [0.4, 0.5) is 0 Å². The van der Waals surface area contributed by atoms with E-state index in [9.17, 15) is 9.59 Å². The highest BCUT2D eigenvalue weighted by atomic mass is 16.4. The van der Waals surface area contributed by atoms with Crippen molar-refractivity contribution in [3.05, 3.63) is 30.1 Å². The van der Waals surface area contributed by atoms with Gasteiger partial charge in [-0.05, 0) is 11.6 Å². The number of hydrogen-bond donors (Lipinski definition) is 1. The molecule has 0 spiro atoms. The fourth-order valence-corrected chi connectivity index (χ4v) is 1.10. The molecule has 0 unspecified atom stereocenters. The number of rotatable bonds is 4. The first kappa shape index (κ1) is 11.2. The maximum absolute atomic E-state index is 11.5. The largest absolute Gasteiger partial charge is 0.480 e. The summed E-state index contributed by atoms with van der Waals surface area (Å²) in [5.41, 5.74) is 0.778. The summed E-state index contributed by atoms with van der Waals surface area (Å²) >= 11 is 0. The number of carboxylic acid groups (broad SMARTS) is 1. The van der Waals surface area contributed by atoms with Crippen LogP contribution in [0.15, 0.2) is 24.5 Å². The second-order valence-electron chi connectivity index (χ2n) is 3.18. The van der Waals surface area contributed by atoms with E-state index < -0.39 is 5.97 Å². The standard InChI is InChI=1S/C10H12N2O3/c1-12(7-10(14)15)9(13)5-8-3-2-4-11-6-8/h2-4,6H,5,7H2,1H3,(H,14,15). The summed E-state index contributed by atoms with van der Waals surface area (Å²) in [6.45, 7) is -0.279. The SMILES string of the molecule is CN(CC(=O)O)C(=O)Cc1cccnc1. The molecule has 15 heavy (non-hydrogen) atoms. The van der Waals surface area contributed by atoms with E-state index in [1.165, 1.54) is 11.9 Å². The first-order valence-corrected chi connectivity index (χ1v) is 4.44. The summed E-state index contributed by atoms with van der Waals surface area (Å²) in [4.78, 5) is 26.9. The van der Waals surface area contributed by atoms with Crippen molar-refractivity contribution in [3.63, 3.8) is 0 Å². The Balaban J connectivity index is 2.52. The van der Waals surface area contributed by atoms with Crippen LogP contribution in [0.5, 0.6) is 0 Å². The van der Waals surface area contributed by atoms with Gasteiger partial charge in [0.1, 0.15) is 6.54 Å². The minimum atomic E-state index is -1.02. The molecule has 1 N–H and O–H groups in total. The lowest BCUT2D eigenvalue weighted by atomic mass is 10.2. The third kappa shape index (κ3) is 3.76. The molecule has 1 aromatic heterocycles. The van der Waals surface area contributed by atoms with E-state index >= 15 is 0 Å². The van der Waals surface area contributed by atoms with Gasteiger partial charge in [0.15, 0.2) is 0 Å². The quantitative estimate of drug-likeness (QED) is 0.765. The Morgan fingerprint density at radius 1 is 1.53 bits per heavy atom. The molecule has 0 saturated heterocycles. The average Bonchev–Trinajstić information content (AvgIpc) is 2.18. The molecule has 5 heteroatoms. The van der Waals surface area contributed by atoms with Crippen LogP contribution in [0.1, 0.15) is 5.56 Å². The lowest BCUT2D eigenvalue weighted by Crippen LogP contribution is -2.33. The highest BCUT2D eigenvalue weighted by Crippen LogP contribution is 1.99. The van der Waals surface area contributed by atoms with Crippen molar-refractivity contribution < 1.29 is 14.7 Å². The average molecular weight is 208 g/mol. The Kier molecular flexibility index (Phi) is 3.79. The highest BCUT2D eigenvalue weighted by Gasteiger charge is 2.12. The molecule has 0 atom stereocenters. The molecule has 0 aromatic carbocycles. The summed E-state index contributed by atoms with van der Waals surface area (Å²) in [5, 5.41) is 8.49. The number of pyridine rings is 1. The van der Waals surface area contributed by atoms with Gasteiger partial charge in [-0.2, -0.15) is 0 Å². The molecule has 80 valence electrons. The first-order valence-electron chi connectivity index (χ1n) is 4.44. The molecule has 0 aliphatic rings. The minimum absolute atomic E-state index is 0.178. The second-order valence-corrected chi connectivity index (χ2v) is 3.18.